The van der Waals surface area contributed by atoms with E-state index in [1.165, 1.54) is 7.11 Å². The molecule has 39 heavy (non-hydrogen) atoms. The van der Waals surface area contributed by atoms with Crippen molar-refractivity contribution in [2.45, 2.75) is 18.9 Å². The Bertz CT molecular complexity index is 1760. The number of benzene rings is 1. The summed E-state index contributed by atoms with van der Waals surface area (Å²) in [6.45, 7) is 0. The van der Waals surface area contributed by atoms with Gasteiger partial charge in [-0.15, -0.1) is 5.10 Å². The molecule has 1 atom stereocenters. The SMILES string of the molecule is COC(=O)Nc1ccc(-c2cnc([C@@H]3CCc4cc(-c5cc(Cl)ccc5-n5cc(Cl)nn5)cc(=O)n43)[nH]2)cn1. The molecule has 2 N–H and O–H groups in total. The quantitative estimate of drug-likeness (QED) is 0.311. The highest BCUT2D eigenvalue weighted by molar-refractivity contribution is 6.31. The van der Waals surface area contributed by atoms with Gasteiger partial charge in [0.2, 0.25) is 0 Å². The number of aromatic nitrogens is 7. The molecule has 0 bridgehead atoms. The Balaban J connectivity index is 1.30. The second-order valence-electron chi connectivity index (χ2n) is 8.88. The number of ether oxygens (including phenoxy) is 1. The fourth-order valence-electron chi connectivity index (χ4n) is 4.75. The van der Waals surface area contributed by atoms with E-state index in [0.717, 1.165) is 28.1 Å². The third-order valence-electron chi connectivity index (χ3n) is 6.52. The number of anilines is 1. The van der Waals surface area contributed by atoms with Crippen LogP contribution >= 0.6 is 23.2 Å². The number of methoxy groups -OCH3 is 1. The van der Waals surface area contributed by atoms with Gasteiger partial charge in [-0.1, -0.05) is 28.4 Å². The summed E-state index contributed by atoms with van der Waals surface area (Å²) >= 11 is 12.3. The Morgan fingerprint density at radius 2 is 1.97 bits per heavy atom. The summed E-state index contributed by atoms with van der Waals surface area (Å²) in [5.74, 6) is 1.04. The molecule has 0 unspecified atom stereocenters. The van der Waals surface area contributed by atoms with Crippen molar-refractivity contribution in [1.82, 2.24) is 34.5 Å². The van der Waals surface area contributed by atoms with Crippen LogP contribution in [0.15, 0.2) is 65.8 Å². The number of aromatic amines is 1. The monoisotopic (exact) mass is 562 g/mol. The molecule has 4 aromatic heterocycles. The number of halogens is 2. The normalized spacial score (nSPS) is 14.3. The first-order valence-corrected chi connectivity index (χ1v) is 12.6. The van der Waals surface area contributed by atoms with Crippen LogP contribution in [0, 0.1) is 0 Å². The van der Waals surface area contributed by atoms with E-state index in [9.17, 15) is 9.59 Å². The van der Waals surface area contributed by atoms with Crippen molar-refractivity contribution >= 4 is 35.1 Å². The molecule has 6 rings (SSSR count). The third-order valence-corrected chi connectivity index (χ3v) is 6.92. The number of nitrogens with zero attached hydrogens (tertiary/aromatic N) is 6. The van der Waals surface area contributed by atoms with Gasteiger partial charge in [0.15, 0.2) is 5.15 Å². The molecule has 1 amide bonds. The number of fused-ring (bicyclic) bond motifs is 1. The van der Waals surface area contributed by atoms with Crippen LogP contribution in [0.25, 0.3) is 28.1 Å². The van der Waals surface area contributed by atoms with E-state index >= 15 is 0 Å². The average molecular weight is 563 g/mol. The number of carbonyl (C=O) groups is 1. The molecule has 196 valence electrons. The molecule has 0 fully saturated rings. The lowest BCUT2D eigenvalue weighted by molar-refractivity contribution is 0.187. The van der Waals surface area contributed by atoms with Crippen LogP contribution in [0.3, 0.4) is 0 Å². The van der Waals surface area contributed by atoms with Gasteiger partial charge in [-0.05, 0) is 54.8 Å². The fraction of sp³-hybridized carbons (Fsp3) is 0.154. The summed E-state index contributed by atoms with van der Waals surface area (Å²) in [6, 6.07) is 12.2. The Labute approximate surface area is 231 Å². The number of H-pyrrole nitrogens is 1. The lowest BCUT2D eigenvalue weighted by Gasteiger charge is -2.15. The van der Waals surface area contributed by atoms with Crippen molar-refractivity contribution in [3.05, 3.63) is 93.1 Å². The summed E-state index contributed by atoms with van der Waals surface area (Å²) in [7, 11) is 1.28. The number of rotatable bonds is 5. The maximum Gasteiger partial charge on any atom is 0.412 e. The molecule has 1 aromatic carbocycles. The number of carbonyl (C=O) groups excluding carboxylic acids is 1. The van der Waals surface area contributed by atoms with Gasteiger partial charge in [0, 0.05) is 34.1 Å². The van der Waals surface area contributed by atoms with Gasteiger partial charge >= 0.3 is 6.09 Å². The van der Waals surface area contributed by atoms with E-state index in [-0.39, 0.29) is 16.8 Å². The Morgan fingerprint density at radius 1 is 1.10 bits per heavy atom. The first-order chi connectivity index (χ1) is 18.9. The van der Waals surface area contributed by atoms with Gasteiger partial charge < -0.3 is 14.3 Å². The van der Waals surface area contributed by atoms with Crippen LogP contribution in [0.4, 0.5) is 10.6 Å². The van der Waals surface area contributed by atoms with E-state index in [0.29, 0.717) is 35.2 Å². The zero-order chi connectivity index (χ0) is 27.1. The lowest BCUT2D eigenvalue weighted by Crippen LogP contribution is -2.23. The minimum absolute atomic E-state index is 0.148. The summed E-state index contributed by atoms with van der Waals surface area (Å²) in [5, 5.41) is 11.2. The predicted molar refractivity (Wildman–Crippen MR) is 145 cm³/mol. The van der Waals surface area contributed by atoms with E-state index in [1.807, 2.05) is 18.2 Å². The highest BCUT2D eigenvalue weighted by atomic mass is 35.5. The second kappa shape index (κ2) is 10.0. The smallest absolute Gasteiger partial charge is 0.412 e. The van der Waals surface area contributed by atoms with Crippen molar-refractivity contribution < 1.29 is 9.53 Å². The first-order valence-electron chi connectivity index (χ1n) is 11.9. The molecule has 0 radical (unpaired) electrons. The van der Waals surface area contributed by atoms with Gasteiger partial charge in [0.25, 0.3) is 5.56 Å². The minimum atomic E-state index is -0.595. The number of aryl methyl sites for hydroxylation is 1. The molecule has 0 saturated carbocycles. The summed E-state index contributed by atoms with van der Waals surface area (Å²) in [6.07, 6.45) is 5.74. The van der Waals surface area contributed by atoms with Gasteiger partial charge in [-0.2, -0.15) is 0 Å². The highest BCUT2D eigenvalue weighted by Crippen LogP contribution is 2.34. The van der Waals surface area contributed by atoms with Crippen LogP contribution < -0.4 is 10.9 Å². The Kier molecular flexibility index (Phi) is 6.37. The molecule has 5 aromatic rings. The van der Waals surface area contributed by atoms with E-state index in [1.54, 1.807) is 52.1 Å². The minimum Gasteiger partial charge on any atom is -0.453 e. The van der Waals surface area contributed by atoms with Crippen LogP contribution in [0.1, 0.15) is 24.0 Å². The molecule has 0 aliphatic carbocycles. The number of amides is 1. The van der Waals surface area contributed by atoms with Crippen LogP contribution in [0.5, 0.6) is 0 Å². The highest BCUT2D eigenvalue weighted by Gasteiger charge is 2.28. The lowest BCUT2D eigenvalue weighted by atomic mass is 10.0. The molecule has 0 spiro atoms. The predicted octanol–water partition coefficient (Wildman–Crippen LogP) is 4.90. The Morgan fingerprint density at radius 3 is 2.72 bits per heavy atom. The third kappa shape index (κ3) is 4.77. The standard InChI is InChI=1S/C26H20Cl2N8O3/c1-39-26(38)32-23-7-2-14(11-29-23)19-12-30-25(31-19)21-6-4-17-8-15(9-24(37)36(17)21)18-10-16(27)3-5-20(18)35-13-22(28)33-34-35/h2-3,5,7-13,21H,4,6H2,1H3,(H,30,31)(H,29,32,38)/t21-/m0/s1. The number of hydrogen-bond donors (Lipinski definition) is 2. The van der Waals surface area contributed by atoms with Crippen LogP contribution in [-0.4, -0.2) is 47.7 Å². The number of nitrogens with one attached hydrogen (secondary N) is 2. The van der Waals surface area contributed by atoms with Gasteiger partial charge in [0.05, 0.1) is 36.9 Å². The second-order valence-corrected chi connectivity index (χ2v) is 9.70. The van der Waals surface area contributed by atoms with E-state index < -0.39 is 6.09 Å². The van der Waals surface area contributed by atoms with E-state index in [4.69, 9.17) is 23.2 Å². The van der Waals surface area contributed by atoms with Crippen molar-refractivity contribution in [3.8, 4) is 28.1 Å². The summed E-state index contributed by atoms with van der Waals surface area (Å²) < 4.78 is 7.90. The van der Waals surface area contributed by atoms with Crippen molar-refractivity contribution in [3.63, 3.8) is 0 Å². The molecule has 1 aliphatic heterocycles. The molecule has 13 heteroatoms. The molecule has 0 saturated heterocycles. The maximum absolute atomic E-state index is 13.4. The molecule has 5 heterocycles. The summed E-state index contributed by atoms with van der Waals surface area (Å²) in [5.41, 5.74) is 4.44. The zero-order valence-electron chi connectivity index (χ0n) is 20.4. The maximum atomic E-state index is 13.4. The van der Waals surface area contributed by atoms with Crippen molar-refractivity contribution in [2.24, 2.45) is 0 Å². The largest absolute Gasteiger partial charge is 0.453 e. The number of hydrogen-bond acceptors (Lipinski definition) is 7. The van der Waals surface area contributed by atoms with Crippen LogP contribution in [-0.2, 0) is 11.2 Å². The first kappa shape index (κ1) is 24.8. The zero-order valence-corrected chi connectivity index (χ0v) is 21.9. The summed E-state index contributed by atoms with van der Waals surface area (Å²) in [4.78, 5) is 36.9. The van der Waals surface area contributed by atoms with Gasteiger partial charge in [-0.3, -0.25) is 10.1 Å². The van der Waals surface area contributed by atoms with Crippen molar-refractivity contribution in [2.75, 3.05) is 12.4 Å². The molecule has 1 aliphatic rings. The van der Waals surface area contributed by atoms with E-state index in [2.05, 4.69) is 35.3 Å². The fourth-order valence-corrected chi connectivity index (χ4v) is 5.04. The van der Waals surface area contributed by atoms with Gasteiger partial charge in [0.1, 0.15) is 11.6 Å². The topological polar surface area (TPSA) is 133 Å². The van der Waals surface area contributed by atoms with Crippen LogP contribution in [0.2, 0.25) is 10.2 Å². The number of pyridine rings is 2. The van der Waals surface area contributed by atoms with Gasteiger partial charge in [-0.25, -0.2) is 19.4 Å². The number of imidazole rings is 1. The molecular weight excluding hydrogens is 543 g/mol. The molecular formula is C26H20Cl2N8O3. The molecule has 11 nitrogen and oxygen atoms in total. The Hall–Kier alpha value is -4.48. The average Bonchev–Trinajstić information content (AvgIpc) is 3.69. The van der Waals surface area contributed by atoms with Crippen molar-refractivity contribution in [1.29, 1.82) is 0 Å².